The van der Waals surface area contributed by atoms with Crippen LogP contribution >= 0.6 is 0 Å². The zero-order valence-electron chi connectivity index (χ0n) is 13.6. The summed E-state index contributed by atoms with van der Waals surface area (Å²) in [7, 11) is -4.58. The summed E-state index contributed by atoms with van der Waals surface area (Å²) in [6, 6.07) is 2.37. The van der Waals surface area contributed by atoms with Crippen molar-refractivity contribution >= 4 is 28.7 Å². The van der Waals surface area contributed by atoms with E-state index in [4.69, 9.17) is 9.76 Å². The molecule has 7 nitrogen and oxygen atoms in total. The Balaban J connectivity index is 2.06. The molecule has 0 spiro atoms. The normalized spacial score (nSPS) is 16.9. The monoisotopic (exact) mass is 372 g/mol. The summed E-state index contributed by atoms with van der Waals surface area (Å²) in [4.78, 5) is 23.1. The minimum Gasteiger partial charge on any atom is -0.535 e. The average molecular weight is 372 g/mol. The Labute approximate surface area is 144 Å². The van der Waals surface area contributed by atoms with Crippen molar-refractivity contribution in [3.05, 3.63) is 29.1 Å². The van der Waals surface area contributed by atoms with Gasteiger partial charge >= 0.3 is 13.1 Å². The molecule has 0 saturated heterocycles. The fourth-order valence-electron chi connectivity index (χ4n) is 2.80. The van der Waals surface area contributed by atoms with Crippen molar-refractivity contribution in [3.63, 3.8) is 0 Å². The number of hydrogen-bond donors (Lipinski definition) is 2. The lowest BCUT2D eigenvalue weighted by Crippen LogP contribution is -2.36. The quantitative estimate of drug-likeness (QED) is 0.688. The Kier molecular flexibility index (Phi) is 5.84. The Hall–Kier alpha value is -1.94. The summed E-state index contributed by atoms with van der Waals surface area (Å²) < 4.78 is 40.9. The van der Waals surface area contributed by atoms with Gasteiger partial charge in [-0.15, -0.1) is 0 Å². The van der Waals surface area contributed by atoms with Crippen LogP contribution in [0.4, 0.5) is 4.39 Å². The van der Waals surface area contributed by atoms with Crippen LogP contribution in [-0.4, -0.2) is 49.4 Å². The highest BCUT2D eigenvalue weighted by Gasteiger charge is 2.38. The molecule has 0 fully saturated rings. The minimum absolute atomic E-state index is 0.0375. The van der Waals surface area contributed by atoms with Gasteiger partial charge in [0.1, 0.15) is 32.8 Å². The van der Waals surface area contributed by atoms with Gasteiger partial charge in [0.2, 0.25) is 0 Å². The third kappa shape index (κ3) is 5.02. The molecule has 0 aliphatic carbocycles. The van der Waals surface area contributed by atoms with Gasteiger partial charge in [-0.2, -0.15) is 0 Å². The molecule has 2 N–H and O–H groups in total. The van der Waals surface area contributed by atoms with E-state index >= 15 is 0 Å². The van der Waals surface area contributed by atoms with E-state index < -0.39 is 40.1 Å². The molecule has 0 unspecified atom stereocenters. The van der Waals surface area contributed by atoms with Crippen molar-refractivity contribution in [2.45, 2.75) is 31.5 Å². The molecule has 0 amide bonds. The number of carbonyl (C=O) groups is 2. The first-order valence-corrected chi connectivity index (χ1v) is 9.73. The van der Waals surface area contributed by atoms with Crippen LogP contribution in [-0.2, 0) is 21.1 Å². The summed E-state index contributed by atoms with van der Waals surface area (Å²) in [5, 5.41) is 19.1. The molecule has 1 heterocycles. The van der Waals surface area contributed by atoms with Gasteiger partial charge in [-0.05, 0) is 24.5 Å². The molecule has 1 aliphatic rings. The molecule has 1 aromatic carbocycles. The lowest BCUT2D eigenvalue weighted by Gasteiger charge is -2.28. The molecule has 136 valence electrons. The second-order valence-electron chi connectivity index (χ2n) is 6.16. The van der Waals surface area contributed by atoms with Crippen molar-refractivity contribution in [1.82, 2.24) is 0 Å². The zero-order chi connectivity index (χ0) is 18.8. The summed E-state index contributed by atoms with van der Waals surface area (Å²) >= 11 is 0. The molecule has 2 rings (SSSR count). The van der Waals surface area contributed by atoms with Gasteiger partial charge < -0.3 is 14.8 Å². The second kappa shape index (κ2) is 7.53. The van der Waals surface area contributed by atoms with E-state index in [0.29, 0.717) is 5.56 Å². The molecule has 0 bridgehead atoms. The second-order valence-corrected chi connectivity index (χ2v) is 8.42. The molecule has 1 aliphatic heterocycles. The van der Waals surface area contributed by atoms with Crippen molar-refractivity contribution < 1.29 is 37.2 Å². The molecule has 0 saturated carbocycles. The summed E-state index contributed by atoms with van der Waals surface area (Å²) in [5.41, 5.74) is -0.243. The van der Waals surface area contributed by atoms with Crippen molar-refractivity contribution in [2.75, 3.05) is 12.0 Å². The third-order valence-corrected chi connectivity index (χ3v) is 5.02. The number of sulfone groups is 1. The van der Waals surface area contributed by atoms with Gasteiger partial charge in [-0.1, -0.05) is 6.07 Å². The largest absolute Gasteiger partial charge is 0.535 e. The Bertz CT molecular complexity index is 793. The third-order valence-electron chi connectivity index (χ3n) is 3.99. The molecule has 10 heteroatoms. The van der Waals surface area contributed by atoms with E-state index in [0.717, 1.165) is 12.3 Å². The number of ketones is 1. The maximum atomic E-state index is 13.7. The van der Waals surface area contributed by atoms with Gasteiger partial charge in [0.05, 0.1) is 5.75 Å². The zero-order valence-corrected chi connectivity index (χ0v) is 14.4. The topological polar surface area (TPSA) is 118 Å². The van der Waals surface area contributed by atoms with Crippen molar-refractivity contribution in [3.8, 4) is 5.75 Å². The molecule has 25 heavy (non-hydrogen) atoms. The first-order valence-electron chi connectivity index (χ1n) is 7.67. The molecular weight excluding hydrogens is 354 g/mol. The summed E-state index contributed by atoms with van der Waals surface area (Å²) in [6.45, 7) is 0. The van der Waals surface area contributed by atoms with Gasteiger partial charge in [0, 0.05) is 24.9 Å². The Morgan fingerprint density at radius 1 is 1.40 bits per heavy atom. The number of halogens is 1. The number of fused-ring (bicyclic) bond motifs is 1. The Morgan fingerprint density at radius 2 is 2.08 bits per heavy atom. The molecular formula is C15H18BFO7S. The number of rotatable bonds is 7. The van der Waals surface area contributed by atoms with E-state index in [-0.39, 0.29) is 43.0 Å². The fourth-order valence-corrected chi connectivity index (χ4v) is 3.46. The first-order chi connectivity index (χ1) is 11.6. The van der Waals surface area contributed by atoms with Gasteiger partial charge in [-0.25, -0.2) is 17.6 Å². The van der Waals surface area contributed by atoms with E-state index in [9.17, 15) is 27.4 Å². The van der Waals surface area contributed by atoms with E-state index in [1.807, 2.05) is 0 Å². The number of carbonyl (C=O) groups excluding carboxylic acids is 1. The standard InChI is InChI=1S/C15H18BFO7S/c1-25(22,23)6-2-3-11(18)8-10-7-9-4-5-12(17)13(15(19)20)14(9)24-16(10)21/h4-5,10,21H,2-3,6-8H2,1H3,(H,19,20)/t10-/m1/s1. The van der Waals surface area contributed by atoms with Crippen LogP contribution in [0, 0.1) is 5.82 Å². The Morgan fingerprint density at radius 3 is 2.68 bits per heavy atom. The van der Waals surface area contributed by atoms with Crippen LogP contribution < -0.4 is 4.65 Å². The highest BCUT2D eigenvalue weighted by atomic mass is 32.2. The predicted octanol–water partition coefficient (Wildman–Crippen LogP) is 1.09. The van der Waals surface area contributed by atoms with E-state index in [2.05, 4.69) is 0 Å². The van der Waals surface area contributed by atoms with Gasteiger partial charge in [0.15, 0.2) is 0 Å². The predicted molar refractivity (Wildman–Crippen MR) is 88.0 cm³/mol. The van der Waals surface area contributed by atoms with Gasteiger partial charge in [-0.3, -0.25) is 4.79 Å². The number of aromatic carboxylic acids is 1. The number of carboxylic acid groups (broad SMARTS) is 1. The number of hydrogen-bond acceptors (Lipinski definition) is 6. The maximum Gasteiger partial charge on any atom is 0.526 e. The lowest BCUT2D eigenvalue weighted by molar-refractivity contribution is -0.119. The number of benzene rings is 1. The lowest BCUT2D eigenvalue weighted by atomic mass is 9.64. The summed E-state index contributed by atoms with van der Waals surface area (Å²) in [5.74, 6) is -3.61. The minimum atomic E-state index is -3.14. The molecule has 1 atom stereocenters. The fraction of sp³-hybridized carbons (Fsp3) is 0.467. The van der Waals surface area contributed by atoms with Crippen LogP contribution in [0.2, 0.25) is 5.82 Å². The van der Waals surface area contributed by atoms with Crippen LogP contribution in [0.25, 0.3) is 0 Å². The van der Waals surface area contributed by atoms with Crippen LogP contribution in [0.1, 0.15) is 35.2 Å². The van der Waals surface area contributed by atoms with Crippen LogP contribution in [0.15, 0.2) is 12.1 Å². The highest BCUT2D eigenvalue weighted by molar-refractivity contribution is 7.90. The SMILES string of the molecule is CS(=O)(=O)CCCC(=O)C[C@H]1Cc2ccc(F)c(C(=O)O)c2OB1O. The van der Waals surface area contributed by atoms with Crippen molar-refractivity contribution in [2.24, 2.45) is 0 Å². The van der Waals surface area contributed by atoms with E-state index in [1.165, 1.54) is 6.07 Å². The van der Waals surface area contributed by atoms with Gasteiger partial charge in [0.25, 0.3) is 0 Å². The van der Waals surface area contributed by atoms with Crippen LogP contribution in [0.3, 0.4) is 0 Å². The maximum absolute atomic E-state index is 13.7. The average Bonchev–Trinajstić information content (AvgIpc) is 2.46. The summed E-state index contributed by atoms with van der Waals surface area (Å²) in [6.07, 6.45) is 1.48. The van der Waals surface area contributed by atoms with Crippen molar-refractivity contribution in [1.29, 1.82) is 0 Å². The molecule has 0 radical (unpaired) electrons. The number of Topliss-reactive ketones (excluding diaryl/α,β-unsaturated/α-hetero) is 1. The number of carboxylic acids is 1. The van der Waals surface area contributed by atoms with E-state index in [1.54, 1.807) is 0 Å². The molecule has 0 aromatic heterocycles. The first kappa shape index (κ1) is 19.4. The van der Waals surface area contributed by atoms with Crippen LogP contribution in [0.5, 0.6) is 5.75 Å². The highest BCUT2D eigenvalue weighted by Crippen LogP contribution is 2.37. The smallest absolute Gasteiger partial charge is 0.526 e. The molecule has 1 aromatic rings.